The number of anilines is 1. The lowest BCUT2D eigenvalue weighted by atomic mass is 10.1. The number of aromatic nitrogens is 2. The van der Waals surface area contributed by atoms with Gasteiger partial charge in [0.05, 0.1) is 17.2 Å². The van der Waals surface area contributed by atoms with Gasteiger partial charge in [0.15, 0.2) is 0 Å². The molecule has 6 nitrogen and oxygen atoms in total. The summed E-state index contributed by atoms with van der Waals surface area (Å²) in [5.41, 5.74) is 6.86. The van der Waals surface area contributed by atoms with Crippen molar-refractivity contribution < 1.29 is 9.59 Å². The van der Waals surface area contributed by atoms with Crippen LogP contribution in [-0.2, 0) is 0 Å². The molecular weight excluding hydrogens is 244 g/mol. The Morgan fingerprint density at radius 1 is 1.26 bits per heavy atom. The molecule has 0 aliphatic carbocycles. The third-order valence-corrected chi connectivity index (χ3v) is 3.24. The SMILES string of the molecule is CC(c1ncc[nH]1)N1C(=O)c2ccc(N)cc2C1=O. The number of imidazole rings is 1. The number of rotatable bonds is 2. The normalized spacial score (nSPS) is 15.7. The standard InChI is InChI=1S/C13H12N4O2/c1-7(11-15-4-5-16-11)17-12(18)9-3-2-8(14)6-10(9)13(17)19/h2-7H,14H2,1H3,(H,15,16). The van der Waals surface area contributed by atoms with Crippen LogP contribution < -0.4 is 5.73 Å². The molecule has 0 saturated carbocycles. The first-order valence-electron chi connectivity index (χ1n) is 5.86. The largest absolute Gasteiger partial charge is 0.399 e. The van der Waals surface area contributed by atoms with Crippen molar-refractivity contribution >= 4 is 17.5 Å². The lowest BCUT2D eigenvalue weighted by Crippen LogP contribution is -2.33. The van der Waals surface area contributed by atoms with Crippen molar-refractivity contribution in [3.63, 3.8) is 0 Å². The lowest BCUT2D eigenvalue weighted by molar-refractivity contribution is 0.0589. The van der Waals surface area contributed by atoms with Gasteiger partial charge in [0.25, 0.3) is 11.8 Å². The molecule has 2 heterocycles. The van der Waals surface area contributed by atoms with Crippen LogP contribution in [0.3, 0.4) is 0 Å². The monoisotopic (exact) mass is 256 g/mol. The minimum atomic E-state index is -0.441. The lowest BCUT2D eigenvalue weighted by Gasteiger charge is -2.20. The third-order valence-electron chi connectivity index (χ3n) is 3.24. The van der Waals surface area contributed by atoms with E-state index in [4.69, 9.17) is 5.73 Å². The molecule has 3 rings (SSSR count). The van der Waals surface area contributed by atoms with Gasteiger partial charge in [-0.05, 0) is 25.1 Å². The number of amides is 2. The number of nitrogens with one attached hydrogen (secondary N) is 1. The molecule has 1 unspecified atom stereocenters. The average Bonchev–Trinajstić information content (AvgIpc) is 2.98. The molecule has 1 aliphatic rings. The van der Waals surface area contributed by atoms with Crippen LogP contribution >= 0.6 is 0 Å². The number of benzene rings is 1. The number of hydrogen-bond acceptors (Lipinski definition) is 4. The van der Waals surface area contributed by atoms with E-state index in [1.165, 1.54) is 11.0 Å². The second-order valence-corrected chi connectivity index (χ2v) is 4.44. The Kier molecular flexibility index (Phi) is 2.38. The van der Waals surface area contributed by atoms with Gasteiger partial charge in [0.1, 0.15) is 5.82 Å². The number of H-pyrrole nitrogens is 1. The van der Waals surface area contributed by atoms with E-state index in [0.29, 0.717) is 22.6 Å². The number of hydrogen-bond donors (Lipinski definition) is 2. The van der Waals surface area contributed by atoms with Crippen molar-refractivity contribution in [2.75, 3.05) is 5.73 Å². The smallest absolute Gasteiger partial charge is 0.262 e. The zero-order valence-electron chi connectivity index (χ0n) is 10.3. The van der Waals surface area contributed by atoms with Gasteiger partial charge < -0.3 is 10.7 Å². The number of carbonyl (C=O) groups is 2. The highest BCUT2D eigenvalue weighted by atomic mass is 16.2. The molecule has 2 amide bonds. The van der Waals surface area contributed by atoms with Gasteiger partial charge in [-0.15, -0.1) is 0 Å². The van der Waals surface area contributed by atoms with Crippen molar-refractivity contribution in [1.29, 1.82) is 0 Å². The van der Waals surface area contributed by atoms with Crippen LogP contribution in [0.5, 0.6) is 0 Å². The number of nitrogens with two attached hydrogens (primary N) is 1. The maximum atomic E-state index is 12.3. The zero-order valence-corrected chi connectivity index (χ0v) is 10.3. The van der Waals surface area contributed by atoms with Gasteiger partial charge in [-0.2, -0.15) is 0 Å². The quantitative estimate of drug-likeness (QED) is 0.626. The van der Waals surface area contributed by atoms with E-state index in [1.807, 2.05) is 0 Å². The molecule has 0 fully saturated rings. The highest BCUT2D eigenvalue weighted by Gasteiger charge is 2.39. The fourth-order valence-electron chi connectivity index (χ4n) is 2.26. The van der Waals surface area contributed by atoms with Crippen LogP contribution in [0.2, 0.25) is 0 Å². The molecule has 2 aromatic rings. The summed E-state index contributed by atoms with van der Waals surface area (Å²) in [6.07, 6.45) is 3.24. The fraction of sp³-hybridized carbons (Fsp3) is 0.154. The van der Waals surface area contributed by atoms with E-state index in [9.17, 15) is 9.59 Å². The van der Waals surface area contributed by atoms with E-state index in [2.05, 4.69) is 9.97 Å². The molecule has 1 atom stereocenters. The van der Waals surface area contributed by atoms with Crippen LogP contribution in [0.1, 0.15) is 39.5 Å². The Morgan fingerprint density at radius 2 is 2.00 bits per heavy atom. The second-order valence-electron chi connectivity index (χ2n) is 4.44. The zero-order chi connectivity index (χ0) is 13.6. The Morgan fingerprint density at radius 3 is 2.68 bits per heavy atom. The average molecular weight is 256 g/mol. The molecule has 1 aromatic carbocycles. The van der Waals surface area contributed by atoms with E-state index in [1.54, 1.807) is 31.5 Å². The first kappa shape index (κ1) is 11.5. The highest BCUT2D eigenvalue weighted by molar-refractivity contribution is 6.21. The van der Waals surface area contributed by atoms with Gasteiger partial charge in [-0.25, -0.2) is 4.98 Å². The number of aromatic amines is 1. The molecule has 6 heteroatoms. The molecule has 0 radical (unpaired) electrons. The summed E-state index contributed by atoms with van der Waals surface area (Å²) >= 11 is 0. The minimum absolute atomic E-state index is 0.316. The summed E-state index contributed by atoms with van der Waals surface area (Å²) in [6.45, 7) is 1.75. The third kappa shape index (κ3) is 1.61. The minimum Gasteiger partial charge on any atom is -0.399 e. The molecule has 0 saturated heterocycles. The van der Waals surface area contributed by atoms with Crippen LogP contribution in [-0.4, -0.2) is 26.7 Å². The predicted octanol–water partition coefficient (Wildman–Crippen LogP) is 1.35. The Balaban J connectivity index is 2.03. The van der Waals surface area contributed by atoms with Crippen molar-refractivity contribution in [3.05, 3.63) is 47.5 Å². The topological polar surface area (TPSA) is 92.1 Å². The number of imide groups is 1. The molecule has 3 N–H and O–H groups in total. The predicted molar refractivity (Wildman–Crippen MR) is 68.4 cm³/mol. The van der Waals surface area contributed by atoms with E-state index in [0.717, 1.165) is 0 Å². The first-order chi connectivity index (χ1) is 9.09. The summed E-state index contributed by atoms with van der Waals surface area (Å²) in [4.78, 5) is 32.8. The molecule has 0 spiro atoms. The summed E-state index contributed by atoms with van der Waals surface area (Å²) in [7, 11) is 0. The number of nitrogens with zero attached hydrogens (tertiary/aromatic N) is 2. The molecule has 19 heavy (non-hydrogen) atoms. The van der Waals surface area contributed by atoms with Crippen LogP contribution in [0, 0.1) is 0 Å². The van der Waals surface area contributed by atoms with Crippen molar-refractivity contribution in [3.8, 4) is 0 Å². The number of carbonyl (C=O) groups excluding carboxylic acids is 2. The van der Waals surface area contributed by atoms with Gasteiger partial charge in [0.2, 0.25) is 0 Å². The molecule has 96 valence electrons. The number of fused-ring (bicyclic) bond motifs is 1. The van der Waals surface area contributed by atoms with Crippen molar-refractivity contribution in [1.82, 2.24) is 14.9 Å². The van der Waals surface area contributed by atoms with Crippen LogP contribution in [0.15, 0.2) is 30.6 Å². The highest BCUT2D eigenvalue weighted by Crippen LogP contribution is 2.30. The maximum absolute atomic E-state index is 12.3. The van der Waals surface area contributed by atoms with Crippen LogP contribution in [0.4, 0.5) is 5.69 Å². The van der Waals surface area contributed by atoms with Gasteiger partial charge in [-0.1, -0.05) is 0 Å². The Labute approximate surface area is 109 Å². The van der Waals surface area contributed by atoms with Gasteiger partial charge in [0, 0.05) is 18.1 Å². The Hall–Kier alpha value is -2.63. The first-order valence-corrected chi connectivity index (χ1v) is 5.86. The van der Waals surface area contributed by atoms with Crippen molar-refractivity contribution in [2.45, 2.75) is 13.0 Å². The van der Waals surface area contributed by atoms with E-state index in [-0.39, 0.29) is 11.8 Å². The molecule has 1 aliphatic heterocycles. The van der Waals surface area contributed by atoms with Gasteiger partial charge in [-0.3, -0.25) is 14.5 Å². The maximum Gasteiger partial charge on any atom is 0.262 e. The van der Waals surface area contributed by atoms with Gasteiger partial charge >= 0.3 is 0 Å². The fourth-order valence-corrected chi connectivity index (χ4v) is 2.26. The molecule has 1 aromatic heterocycles. The van der Waals surface area contributed by atoms with E-state index >= 15 is 0 Å². The summed E-state index contributed by atoms with van der Waals surface area (Å²) in [5.74, 6) is -0.0809. The molecular formula is C13H12N4O2. The summed E-state index contributed by atoms with van der Waals surface area (Å²) < 4.78 is 0. The van der Waals surface area contributed by atoms with Crippen LogP contribution in [0.25, 0.3) is 0 Å². The summed E-state index contributed by atoms with van der Waals surface area (Å²) in [6, 6.07) is 4.29. The molecule has 0 bridgehead atoms. The second kappa shape index (κ2) is 3.94. The van der Waals surface area contributed by atoms with E-state index < -0.39 is 6.04 Å². The Bertz CT molecular complexity index is 663. The van der Waals surface area contributed by atoms with Crippen molar-refractivity contribution in [2.24, 2.45) is 0 Å². The summed E-state index contributed by atoms with van der Waals surface area (Å²) in [5, 5.41) is 0. The number of nitrogen functional groups attached to an aromatic ring is 1.